The van der Waals surface area contributed by atoms with Crippen LogP contribution in [0.2, 0.25) is 0 Å². The number of primary amides is 1. The molecule has 3 amide bonds. The van der Waals surface area contributed by atoms with E-state index < -0.39 is 11.9 Å². The zero-order valence-corrected chi connectivity index (χ0v) is 12.8. The number of aryl methyl sites for hydroxylation is 1. The average Bonchev–Trinajstić information content (AvgIpc) is 2.49. The van der Waals surface area contributed by atoms with Gasteiger partial charge in [-0.1, -0.05) is 30.3 Å². The van der Waals surface area contributed by atoms with Crippen LogP contribution < -0.4 is 16.4 Å². The summed E-state index contributed by atoms with van der Waals surface area (Å²) in [5, 5.41) is 5.23. The summed E-state index contributed by atoms with van der Waals surface area (Å²) in [6.45, 7) is 0.937. The molecule has 0 unspecified atom stereocenters. The number of benzene rings is 1. The lowest BCUT2D eigenvalue weighted by molar-refractivity contribution is -0.131. The largest absolute Gasteiger partial charge is 0.377 e. The molecule has 0 aromatic heterocycles. The number of carbonyl (C=O) groups excluding carboxylic acids is 3. The van der Waals surface area contributed by atoms with Crippen molar-refractivity contribution in [3.8, 4) is 0 Å². The molecule has 0 saturated carbocycles. The number of hydrogen-bond acceptors (Lipinski definition) is 4. The van der Waals surface area contributed by atoms with Crippen molar-refractivity contribution in [3.05, 3.63) is 35.9 Å². The molecular formula is C16H21N3O4. The molecule has 1 aromatic rings. The molecule has 0 aliphatic carbocycles. The maximum atomic E-state index is 11.9. The van der Waals surface area contributed by atoms with Crippen molar-refractivity contribution in [2.24, 2.45) is 5.73 Å². The van der Waals surface area contributed by atoms with Crippen molar-refractivity contribution in [1.29, 1.82) is 0 Å². The van der Waals surface area contributed by atoms with Gasteiger partial charge in [-0.25, -0.2) is 0 Å². The molecule has 1 aromatic carbocycles. The Morgan fingerprint density at radius 3 is 2.43 bits per heavy atom. The lowest BCUT2D eigenvalue weighted by Crippen LogP contribution is -2.52. The molecule has 2 rings (SSSR count). The maximum absolute atomic E-state index is 11.9. The van der Waals surface area contributed by atoms with E-state index in [-0.39, 0.29) is 30.7 Å². The Hall–Kier alpha value is -2.41. The molecule has 1 saturated heterocycles. The van der Waals surface area contributed by atoms with Crippen LogP contribution in [-0.2, 0) is 25.5 Å². The van der Waals surface area contributed by atoms with Gasteiger partial charge in [-0.05, 0) is 12.0 Å². The smallest absolute Gasteiger partial charge is 0.240 e. The van der Waals surface area contributed by atoms with E-state index in [1.54, 1.807) is 0 Å². The minimum Gasteiger partial charge on any atom is -0.377 e. The van der Waals surface area contributed by atoms with Crippen molar-refractivity contribution in [2.75, 3.05) is 13.2 Å². The number of nitrogens with two attached hydrogens (primary N) is 1. The number of ether oxygens (including phenoxy) is 1. The number of hydrogen-bond donors (Lipinski definition) is 3. The number of amides is 3. The maximum Gasteiger partial charge on any atom is 0.240 e. The summed E-state index contributed by atoms with van der Waals surface area (Å²) in [6.07, 6.45) is 0.624. The molecule has 1 aliphatic rings. The first-order valence-electron chi connectivity index (χ1n) is 7.54. The highest BCUT2D eigenvalue weighted by Crippen LogP contribution is 2.04. The first-order chi connectivity index (χ1) is 11.0. The Balaban J connectivity index is 1.77. The minimum absolute atomic E-state index is 0.0233. The van der Waals surface area contributed by atoms with Crippen LogP contribution in [0.25, 0.3) is 0 Å². The summed E-state index contributed by atoms with van der Waals surface area (Å²) >= 11 is 0. The zero-order valence-electron chi connectivity index (χ0n) is 12.8. The molecule has 124 valence electrons. The van der Waals surface area contributed by atoms with Gasteiger partial charge in [0.25, 0.3) is 0 Å². The van der Waals surface area contributed by atoms with E-state index >= 15 is 0 Å². The predicted molar refractivity (Wildman–Crippen MR) is 83.3 cm³/mol. The van der Waals surface area contributed by atoms with E-state index in [1.165, 1.54) is 0 Å². The Labute approximate surface area is 134 Å². The van der Waals surface area contributed by atoms with Gasteiger partial charge in [-0.3, -0.25) is 14.4 Å². The fraction of sp³-hybridized carbons (Fsp3) is 0.438. The quantitative estimate of drug-likeness (QED) is 0.599. The monoisotopic (exact) mass is 319 g/mol. The molecule has 0 bridgehead atoms. The third kappa shape index (κ3) is 5.71. The second-order valence-corrected chi connectivity index (χ2v) is 5.51. The zero-order chi connectivity index (χ0) is 16.7. The normalized spacial score (nSPS) is 15.3. The van der Waals surface area contributed by atoms with E-state index in [9.17, 15) is 14.4 Å². The first-order valence-corrected chi connectivity index (χ1v) is 7.54. The van der Waals surface area contributed by atoms with E-state index in [0.717, 1.165) is 5.56 Å². The van der Waals surface area contributed by atoms with Crippen molar-refractivity contribution in [2.45, 2.75) is 31.3 Å². The molecule has 7 nitrogen and oxygen atoms in total. The molecular weight excluding hydrogens is 298 g/mol. The molecule has 1 fully saturated rings. The van der Waals surface area contributed by atoms with Crippen LogP contribution in [-0.4, -0.2) is 43.0 Å². The Kier molecular flexibility index (Phi) is 6.10. The topological polar surface area (TPSA) is 111 Å². The van der Waals surface area contributed by atoms with E-state index in [2.05, 4.69) is 10.6 Å². The summed E-state index contributed by atoms with van der Waals surface area (Å²) in [5.74, 6) is -1.36. The highest BCUT2D eigenvalue weighted by atomic mass is 16.5. The average molecular weight is 319 g/mol. The molecule has 23 heavy (non-hydrogen) atoms. The van der Waals surface area contributed by atoms with Gasteiger partial charge in [0.2, 0.25) is 17.7 Å². The van der Waals surface area contributed by atoms with Gasteiger partial charge in [0.15, 0.2) is 0 Å². The molecule has 1 aliphatic heterocycles. The number of nitrogens with one attached hydrogen (secondary N) is 2. The van der Waals surface area contributed by atoms with Crippen molar-refractivity contribution in [1.82, 2.24) is 10.6 Å². The molecule has 7 heteroatoms. The predicted octanol–water partition coefficient (Wildman–Crippen LogP) is -0.506. The molecule has 1 heterocycles. The molecule has 4 N–H and O–H groups in total. The van der Waals surface area contributed by atoms with Crippen molar-refractivity contribution >= 4 is 17.7 Å². The van der Waals surface area contributed by atoms with Crippen LogP contribution in [0.5, 0.6) is 0 Å². The van der Waals surface area contributed by atoms with Crippen LogP contribution in [0.4, 0.5) is 0 Å². The van der Waals surface area contributed by atoms with Crippen molar-refractivity contribution in [3.63, 3.8) is 0 Å². The second-order valence-electron chi connectivity index (χ2n) is 5.51. The van der Waals surface area contributed by atoms with E-state index in [1.807, 2.05) is 30.3 Å². The third-order valence-electron chi connectivity index (χ3n) is 3.55. The van der Waals surface area contributed by atoms with Gasteiger partial charge >= 0.3 is 0 Å². The highest BCUT2D eigenvalue weighted by Gasteiger charge is 2.25. The fourth-order valence-corrected chi connectivity index (χ4v) is 2.18. The summed E-state index contributed by atoms with van der Waals surface area (Å²) in [5.41, 5.74) is 6.29. The van der Waals surface area contributed by atoms with E-state index in [4.69, 9.17) is 10.5 Å². The SMILES string of the molecule is NC(=O)[C@H](CC(=O)NC1COC1)NC(=O)CCc1ccccc1. The Morgan fingerprint density at radius 2 is 1.87 bits per heavy atom. The molecule has 1 atom stereocenters. The molecule has 0 spiro atoms. The lowest BCUT2D eigenvalue weighted by Gasteiger charge is -2.27. The van der Waals surface area contributed by atoms with Crippen LogP contribution in [0.1, 0.15) is 18.4 Å². The summed E-state index contributed by atoms with van der Waals surface area (Å²) < 4.78 is 4.95. The van der Waals surface area contributed by atoms with Gasteiger partial charge in [0, 0.05) is 6.42 Å². The summed E-state index contributed by atoms with van der Waals surface area (Å²) in [7, 11) is 0. The summed E-state index contributed by atoms with van der Waals surface area (Å²) in [6, 6.07) is 8.52. The number of rotatable bonds is 8. The van der Waals surface area contributed by atoms with Crippen molar-refractivity contribution < 1.29 is 19.1 Å². The third-order valence-corrected chi connectivity index (χ3v) is 3.55. The Morgan fingerprint density at radius 1 is 1.17 bits per heavy atom. The lowest BCUT2D eigenvalue weighted by atomic mass is 10.1. The Bertz CT molecular complexity index is 558. The van der Waals surface area contributed by atoms with Crippen LogP contribution >= 0.6 is 0 Å². The van der Waals surface area contributed by atoms with Crippen LogP contribution in [0.15, 0.2) is 30.3 Å². The van der Waals surface area contributed by atoms with Crippen LogP contribution in [0, 0.1) is 0 Å². The van der Waals surface area contributed by atoms with Gasteiger partial charge in [-0.15, -0.1) is 0 Å². The molecule has 0 radical (unpaired) electrons. The standard InChI is InChI=1S/C16H21N3O4/c17-16(22)13(8-15(21)18-12-9-23-10-12)19-14(20)7-6-11-4-2-1-3-5-11/h1-5,12-13H,6-10H2,(H2,17,22)(H,18,21)(H,19,20)/t13-/m0/s1. The number of carbonyl (C=O) groups is 3. The van der Waals surface area contributed by atoms with Crippen LogP contribution in [0.3, 0.4) is 0 Å². The second kappa shape index (κ2) is 8.28. The minimum atomic E-state index is -1.00. The van der Waals surface area contributed by atoms with Gasteiger partial charge in [0.1, 0.15) is 6.04 Å². The highest BCUT2D eigenvalue weighted by molar-refractivity contribution is 5.91. The van der Waals surface area contributed by atoms with Gasteiger partial charge < -0.3 is 21.1 Å². The van der Waals surface area contributed by atoms with Gasteiger partial charge in [0.05, 0.1) is 25.7 Å². The fourth-order valence-electron chi connectivity index (χ4n) is 2.18. The first kappa shape index (κ1) is 17.0. The van der Waals surface area contributed by atoms with Gasteiger partial charge in [-0.2, -0.15) is 0 Å². The summed E-state index contributed by atoms with van der Waals surface area (Å²) in [4.78, 5) is 35.1. The van der Waals surface area contributed by atoms with E-state index in [0.29, 0.717) is 19.6 Å².